The highest BCUT2D eigenvalue weighted by atomic mass is 19.4. The molecule has 4 aromatic rings. The van der Waals surface area contributed by atoms with Crippen molar-refractivity contribution in [3.05, 3.63) is 131 Å². The van der Waals surface area contributed by atoms with Gasteiger partial charge in [0.05, 0.1) is 6.54 Å². The number of benzene rings is 4. The van der Waals surface area contributed by atoms with Crippen LogP contribution in [0.25, 0.3) is 16.7 Å². The van der Waals surface area contributed by atoms with E-state index in [0.717, 1.165) is 41.5 Å². The van der Waals surface area contributed by atoms with Gasteiger partial charge in [-0.3, -0.25) is 14.4 Å². The Morgan fingerprint density at radius 2 is 1.25 bits per heavy atom. The zero-order valence-corrected chi connectivity index (χ0v) is 22.7. The normalized spacial score (nSPS) is 12.2. The summed E-state index contributed by atoms with van der Waals surface area (Å²) in [5.41, 5.74) is 2.40. The van der Waals surface area contributed by atoms with Crippen LogP contribution in [0.3, 0.4) is 0 Å². The number of ether oxygens (including phenoxy) is 1. The quantitative estimate of drug-likeness (QED) is 0.151. The Hall–Kier alpha value is -5.55. The minimum absolute atomic E-state index is 0.00740. The number of aliphatic carboxylic acids is 1. The van der Waals surface area contributed by atoms with Gasteiger partial charge in [0, 0.05) is 22.3 Å². The third-order valence-electron chi connectivity index (χ3n) is 6.35. The first-order valence-corrected chi connectivity index (χ1v) is 13.0. The Kier molecular flexibility index (Phi) is 9.71. The molecule has 4 aromatic carbocycles. The van der Waals surface area contributed by atoms with Crippen LogP contribution in [0.1, 0.15) is 36.6 Å². The number of amides is 1. The zero-order chi connectivity index (χ0) is 31.9. The summed E-state index contributed by atoms with van der Waals surface area (Å²) >= 11 is 0. The molecule has 3 N–H and O–H groups in total. The maximum Gasteiger partial charge on any atom is 0.573 e. The lowest BCUT2D eigenvalue weighted by atomic mass is 9.92. The molecule has 0 radical (unpaired) electrons. The first-order chi connectivity index (χ1) is 20.9. The van der Waals surface area contributed by atoms with Crippen LogP contribution in [0.5, 0.6) is 5.75 Å². The predicted molar refractivity (Wildman–Crippen MR) is 154 cm³/mol. The first kappa shape index (κ1) is 31.4. The molecule has 8 nitrogen and oxygen atoms in total. The molecule has 0 saturated carbocycles. The molecule has 0 aromatic heterocycles. The third-order valence-corrected chi connectivity index (χ3v) is 6.35. The molecule has 0 unspecified atom stereocenters. The lowest BCUT2D eigenvalue weighted by Gasteiger charge is -2.11. The van der Waals surface area contributed by atoms with Crippen LogP contribution in [0.2, 0.25) is 0 Å². The minimum Gasteiger partial charge on any atom is -0.479 e. The van der Waals surface area contributed by atoms with Gasteiger partial charge in [-0.05, 0) is 59.2 Å². The molecule has 0 spiro atoms. The Bertz CT molecular complexity index is 1680. The van der Waals surface area contributed by atoms with Gasteiger partial charge in [0.2, 0.25) is 0 Å². The van der Waals surface area contributed by atoms with Crippen molar-refractivity contribution in [3.63, 3.8) is 0 Å². The maximum absolute atomic E-state index is 13.7. The summed E-state index contributed by atoms with van der Waals surface area (Å²) in [6.45, 7) is -0.522. The van der Waals surface area contributed by atoms with Gasteiger partial charge in [-0.15, -0.1) is 13.2 Å². The summed E-state index contributed by atoms with van der Waals surface area (Å²) in [7, 11) is 0. The van der Waals surface area contributed by atoms with E-state index in [1.165, 1.54) is 24.3 Å². The van der Waals surface area contributed by atoms with Gasteiger partial charge in [0.25, 0.3) is 5.91 Å². The number of hydrogen-bond donors (Lipinski definition) is 3. The van der Waals surface area contributed by atoms with Crippen LogP contribution < -0.4 is 10.1 Å². The van der Waals surface area contributed by atoms with Crippen molar-refractivity contribution in [1.82, 2.24) is 5.32 Å². The number of carbonyl (C=O) groups excluding carboxylic acids is 3. The van der Waals surface area contributed by atoms with Gasteiger partial charge in [0.15, 0.2) is 17.7 Å². The number of aliphatic hydroxyl groups is 1. The number of alkyl halides is 3. The lowest BCUT2D eigenvalue weighted by molar-refractivity contribution is -0.274. The standard InChI is InChI=1S/C33H24F3NO7/c34-33(35,36)44-26-16-14-23(15-17-26)28(38)18-27(22-8-6-21(7-9-22)20-4-2-1-3-5-20)30(40)24-10-12-25(13-11-24)31(41)37-19-29(39)32(42)43/h1-18,29,39H,19H2,(H,37,41)(H,42,43)/t29-/m1/s1. The topological polar surface area (TPSA) is 130 Å². The van der Waals surface area contributed by atoms with E-state index in [4.69, 9.17) is 5.11 Å². The zero-order valence-electron chi connectivity index (χ0n) is 22.7. The van der Waals surface area contributed by atoms with Crippen molar-refractivity contribution < 1.29 is 47.3 Å². The van der Waals surface area contributed by atoms with Crippen LogP contribution in [0, 0.1) is 0 Å². The second-order valence-electron chi connectivity index (χ2n) is 9.41. The number of halogens is 3. The molecular formula is C33H24F3NO7. The van der Waals surface area contributed by atoms with E-state index < -0.39 is 48.2 Å². The molecule has 0 aliphatic carbocycles. The van der Waals surface area contributed by atoms with E-state index in [2.05, 4.69) is 10.1 Å². The number of allylic oxidation sites excluding steroid dienone is 2. The summed E-state index contributed by atoms with van der Waals surface area (Å²) in [6, 6.07) is 26.0. The number of nitrogens with one attached hydrogen (secondary N) is 1. The molecule has 0 fully saturated rings. The van der Waals surface area contributed by atoms with Gasteiger partial charge in [-0.1, -0.05) is 66.7 Å². The summed E-state index contributed by atoms with van der Waals surface area (Å²) in [5, 5.41) is 20.4. The molecule has 0 saturated heterocycles. The molecule has 4 rings (SSSR count). The van der Waals surface area contributed by atoms with Crippen molar-refractivity contribution in [1.29, 1.82) is 0 Å². The SMILES string of the molecule is O=C(C=C(C(=O)c1ccc(C(=O)NC[C@@H](O)C(=O)O)cc1)c1ccc(-c2ccccc2)cc1)c1ccc(OC(F)(F)F)cc1. The minimum atomic E-state index is -4.90. The Labute approximate surface area is 249 Å². The molecule has 0 aliphatic rings. The van der Waals surface area contributed by atoms with Gasteiger partial charge in [-0.2, -0.15) is 0 Å². The van der Waals surface area contributed by atoms with E-state index in [1.807, 2.05) is 30.3 Å². The van der Waals surface area contributed by atoms with Crippen molar-refractivity contribution in [3.8, 4) is 16.9 Å². The first-order valence-electron chi connectivity index (χ1n) is 13.0. The van der Waals surface area contributed by atoms with E-state index in [-0.39, 0.29) is 22.3 Å². The summed E-state index contributed by atoms with van der Waals surface area (Å²) in [5.74, 6) is -3.90. The van der Waals surface area contributed by atoms with Crippen LogP contribution >= 0.6 is 0 Å². The molecule has 1 amide bonds. The van der Waals surface area contributed by atoms with Crippen LogP contribution in [0.4, 0.5) is 13.2 Å². The highest BCUT2D eigenvalue weighted by molar-refractivity contribution is 6.32. The van der Waals surface area contributed by atoms with E-state index in [9.17, 15) is 37.5 Å². The average molecular weight is 604 g/mol. The lowest BCUT2D eigenvalue weighted by Crippen LogP contribution is -2.36. The largest absolute Gasteiger partial charge is 0.573 e. The number of carbonyl (C=O) groups is 4. The molecular weight excluding hydrogens is 579 g/mol. The highest BCUT2D eigenvalue weighted by Gasteiger charge is 2.31. The molecule has 44 heavy (non-hydrogen) atoms. The van der Waals surface area contributed by atoms with Gasteiger partial charge >= 0.3 is 12.3 Å². The second-order valence-corrected chi connectivity index (χ2v) is 9.41. The average Bonchev–Trinajstić information content (AvgIpc) is 3.02. The monoisotopic (exact) mass is 603 g/mol. The second kappa shape index (κ2) is 13.6. The van der Waals surface area contributed by atoms with E-state index >= 15 is 0 Å². The van der Waals surface area contributed by atoms with Crippen molar-refractivity contribution >= 4 is 29.0 Å². The Morgan fingerprint density at radius 3 is 1.82 bits per heavy atom. The fourth-order valence-electron chi connectivity index (χ4n) is 4.10. The van der Waals surface area contributed by atoms with Crippen molar-refractivity contribution in [2.75, 3.05) is 6.54 Å². The maximum atomic E-state index is 13.7. The molecule has 224 valence electrons. The molecule has 1 atom stereocenters. The van der Waals surface area contributed by atoms with Gasteiger partial charge in [-0.25, -0.2) is 4.79 Å². The van der Waals surface area contributed by atoms with Crippen LogP contribution in [-0.4, -0.2) is 52.7 Å². The molecule has 0 aliphatic heterocycles. The molecule has 0 heterocycles. The number of hydrogen-bond acceptors (Lipinski definition) is 6. The fourth-order valence-corrected chi connectivity index (χ4v) is 4.10. The third kappa shape index (κ3) is 8.26. The van der Waals surface area contributed by atoms with E-state index in [1.54, 1.807) is 24.3 Å². The molecule has 0 bridgehead atoms. The number of rotatable bonds is 11. The predicted octanol–water partition coefficient (Wildman–Crippen LogP) is 5.58. The van der Waals surface area contributed by atoms with Crippen LogP contribution in [0.15, 0.2) is 109 Å². The highest BCUT2D eigenvalue weighted by Crippen LogP contribution is 2.27. The fraction of sp³-hybridized carbons (Fsp3) is 0.0909. The Morgan fingerprint density at radius 1 is 0.727 bits per heavy atom. The van der Waals surface area contributed by atoms with Gasteiger partial charge in [0.1, 0.15) is 5.75 Å². The van der Waals surface area contributed by atoms with Crippen LogP contribution in [-0.2, 0) is 4.79 Å². The number of carboxylic acids is 1. The number of Topliss-reactive ketones (excluding diaryl/α,β-unsaturated/α-hetero) is 1. The van der Waals surface area contributed by atoms with E-state index in [0.29, 0.717) is 5.56 Å². The summed E-state index contributed by atoms with van der Waals surface area (Å²) < 4.78 is 41.4. The number of carboxylic acid groups (broad SMARTS) is 1. The van der Waals surface area contributed by atoms with Gasteiger partial charge < -0.3 is 20.3 Å². The summed E-state index contributed by atoms with van der Waals surface area (Å²) in [6.07, 6.45) is -5.59. The summed E-state index contributed by atoms with van der Waals surface area (Å²) in [4.78, 5) is 49.9. The molecule has 11 heteroatoms. The number of ketones is 2. The van der Waals surface area contributed by atoms with Crippen molar-refractivity contribution in [2.45, 2.75) is 12.5 Å². The van der Waals surface area contributed by atoms with Crippen molar-refractivity contribution in [2.24, 2.45) is 0 Å². The number of aliphatic hydroxyl groups excluding tert-OH is 1. The Balaban J connectivity index is 1.63. The smallest absolute Gasteiger partial charge is 0.479 e.